The van der Waals surface area contributed by atoms with Gasteiger partial charge in [0, 0.05) is 29.2 Å². The number of fused-ring (bicyclic) bond motifs is 1. The smallest absolute Gasteiger partial charge is 0.259 e. The number of hydrogen-bond acceptors (Lipinski definition) is 2. The maximum Gasteiger partial charge on any atom is 0.259 e. The second-order valence-corrected chi connectivity index (χ2v) is 6.19. The van der Waals surface area contributed by atoms with Crippen molar-refractivity contribution in [2.24, 2.45) is 7.05 Å². The van der Waals surface area contributed by atoms with Crippen LogP contribution >= 0.6 is 0 Å². The Morgan fingerprint density at radius 1 is 1.00 bits per heavy atom. The van der Waals surface area contributed by atoms with E-state index in [1.165, 1.54) is 0 Å². The minimum Gasteiger partial charge on any atom is -0.347 e. The first-order valence-corrected chi connectivity index (χ1v) is 7.63. The summed E-state index contributed by atoms with van der Waals surface area (Å²) in [6.07, 6.45) is 0. The molecule has 4 heteroatoms. The summed E-state index contributed by atoms with van der Waals surface area (Å²) in [4.78, 5) is 24.4. The van der Waals surface area contributed by atoms with Crippen LogP contribution in [0.15, 0.2) is 41.0 Å². The zero-order valence-corrected chi connectivity index (χ0v) is 14.1. The molecule has 3 rings (SSSR count). The van der Waals surface area contributed by atoms with E-state index in [2.05, 4.69) is 22.0 Å². The van der Waals surface area contributed by atoms with Crippen molar-refractivity contribution in [1.82, 2.24) is 9.88 Å². The maximum absolute atomic E-state index is 12.3. The molecule has 2 aromatic rings. The predicted octanol–water partition coefficient (Wildman–Crippen LogP) is 3.25. The number of benzene rings is 1. The van der Waals surface area contributed by atoms with Crippen molar-refractivity contribution in [2.45, 2.75) is 27.7 Å². The van der Waals surface area contributed by atoms with Crippen molar-refractivity contribution in [2.75, 3.05) is 0 Å². The summed E-state index contributed by atoms with van der Waals surface area (Å²) >= 11 is 0. The fraction of sp³-hybridized carbons (Fsp3) is 0.263. The lowest BCUT2D eigenvalue weighted by molar-refractivity contribution is -0.123. The molecule has 2 heterocycles. The van der Waals surface area contributed by atoms with Crippen LogP contribution in [0.3, 0.4) is 0 Å². The van der Waals surface area contributed by atoms with E-state index in [0.717, 1.165) is 33.3 Å². The monoisotopic (exact) mass is 308 g/mol. The topological polar surface area (TPSA) is 51.1 Å². The third-order valence-corrected chi connectivity index (χ3v) is 4.58. The van der Waals surface area contributed by atoms with Crippen LogP contribution in [0.1, 0.15) is 32.0 Å². The summed E-state index contributed by atoms with van der Waals surface area (Å²) < 4.78 is 2.12. The highest BCUT2D eigenvalue weighted by molar-refractivity contribution is 6.28. The number of para-hydroxylation sites is 1. The van der Waals surface area contributed by atoms with Crippen molar-refractivity contribution < 1.29 is 9.59 Å². The lowest BCUT2D eigenvalue weighted by Gasteiger charge is -2.08. The van der Waals surface area contributed by atoms with Crippen molar-refractivity contribution >= 4 is 28.3 Å². The molecule has 1 N–H and O–H groups in total. The van der Waals surface area contributed by atoms with Crippen molar-refractivity contribution in [3.8, 4) is 0 Å². The van der Waals surface area contributed by atoms with Gasteiger partial charge in [-0.05, 0) is 39.3 Å². The maximum atomic E-state index is 12.3. The highest BCUT2D eigenvalue weighted by atomic mass is 16.2. The SMILES string of the molecule is CC(C)=C1C(=O)NC(=O)/C1=C(/C)c1c(C)n(C)c2ccccc12. The number of carbonyl (C=O) groups excluding carboxylic acids is 2. The first-order chi connectivity index (χ1) is 10.8. The molecule has 0 atom stereocenters. The summed E-state index contributed by atoms with van der Waals surface area (Å²) in [5, 5.41) is 3.52. The largest absolute Gasteiger partial charge is 0.347 e. The van der Waals surface area contributed by atoms with Gasteiger partial charge in [0.25, 0.3) is 11.8 Å². The van der Waals surface area contributed by atoms with Gasteiger partial charge in [-0.2, -0.15) is 0 Å². The zero-order chi connectivity index (χ0) is 16.9. The van der Waals surface area contributed by atoms with Gasteiger partial charge in [-0.1, -0.05) is 23.8 Å². The van der Waals surface area contributed by atoms with Gasteiger partial charge in [-0.15, -0.1) is 0 Å². The molecule has 1 aromatic heterocycles. The number of hydrogen-bond donors (Lipinski definition) is 1. The number of aryl methyl sites for hydroxylation is 1. The number of imide groups is 1. The van der Waals surface area contributed by atoms with E-state index in [-0.39, 0.29) is 11.8 Å². The first kappa shape index (κ1) is 15.3. The predicted molar refractivity (Wildman–Crippen MR) is 91.8 cm³/mol. The molecule has 1 aliphatic heterocycles. The number of rotatable bonds is 1. The van der Waals surface area contributed by atoms with Gasteiger partial charge in [-0.25, -0.2) is 0 Å². The summed E-state index contributed by atoms with van der Waals surface area (Å²) in [6, 6.07) is 8.11. The molecule has 1 aromatic carbocycles. The van der Waals surface area contributed by atoms with Gasteiger partial charge in [0.05, 0.1) is 11.1 Å². The molecular weight excluding hydrogens is 288 g/mol. The molecule has 1 fully saturated rings. The highest BCUT2D eigenvalue weighted by Crippen LogP contribution is 2.36. The van der Waals surface area contributed by atoms with E-state index in [1.807, 2.05) is 46.9 Å². The highest BCUT2D eigenvalue weighted by Gasteiger charge is 2.34. The molecule has 4 nitrogen and oxygen atoms in total. The zero-order valence-electron chi connectivity index (χ0n) is 14.1. The fourth-order valence-electron chi connectivity index (χ4n) is 3.41. The van der Waals surface area contributed by atoms with E-state index in [0.29, 0.717) is 11.1 Å². The molecule has 0 bridgehead atoms. The van der Waals surface area contributed by atoms with E-state index >= 15 is 0 Å². The Kier molecular flexibility index (Phi) is 3.48. The van der Waals surface area contributed by atoms with Crippen molar-refractivity contribution in [3.63, 3.8) is 0 Å². The third kappa shape index (κ3) is 2.13. The summed E-state index contributed by atoms with van der Waals surface area (Å²) in [6.45, 7) is 7.68. The van der Waals surface area contributed by atoms with E-state index in [1.54, 1.807) is 0 Å². The Bertz CT molecular complexity index is 922. The molecule has 0 radical (unpaired) electrons. The fourth-order valence-corrected chi connectivity index (χ4v) is 3.41. The van der Waals surface area contributed by atoms with Crippen LogP contribution in [-0.4, -0.2) is 16.4 Å². The Labute approximate surface area is 135 Å². The Hall–Kier alpha value is -2.62. The van der Waals surface area contributed by atoms with Gasteiger partial charge >= 0.3 is 0 Å². The third-order valence-electron chi connectivity index (χ3n) is 4.58. The Morgan fingerprint density at radius 3 is 2.26 bits per heavy atom. The molecule has 0 saturated carbocycles. The van der Waals surface area contributed by atoms with Crippen LogP contribution in [0, 0.1) is 6.92 Å². The van der Waals surface area contributed by atoms with Gasteiger partial charge in [-0.3, -0.25) is 14.9 Å². The quantitative estimate of drug-likeness (QED) is 0.649. The van der Waals surface area contributed by atoms with Crippen LogP contribution in [-0.2, 0) is 16.6 Å². The molecule has 0 spiro atoms. The number of nitrogens with one attached hydrogen (secondary N) is 1. The first-order valence-electron chi connectivity index (χ1n) is 7.63. The second-order valence-electron chi connectivity index (χ2n) is 6.19. The normalized spacial score (nSPS) is 17.0. The molecule has 1 saturated heterocycles. The number of allylic oxidation sites excluding steroid dienone is 2. The molecular formula is C19H20N2O2. The molecule has 118 valence electrons. The van der Waals surface area contributed by atoms with Crippen molar-refractivity contribution in [3.05, 3.63) is 52.2 Å². The molecule has 0 aliphatic carbocycles. The average molecular weight is 308 g/mol. The lowest BCUT2D eigenvalue weighted by atomic mass is 9.93. The van der Waals surface area contributed by atoms with Crippen LogP contribution in [0.4, 0.5) is 0 Å². The van der Waals surface area contributed by atoms with Crippen LogP contribution < -0.4 is 5.32 Å². The number of aromatic nitrogens is 1. The minimum atomic E-state index is -0.309. The Balaban J connectivity index is 2.39. The van der Waals surface area contributed by atoms with Gasteiger partial charge in [0.2, 0.25) is 0 Å². The van der Waals surface area contributed by atoms with Crippen LogP contribution in [0.25, 0.3) is 16.5 Å². The summed E-state index contributed by atoms with van der Waals surface area (Å²) in [7, 11) is 2.01. The standard InChI is InChI=1S/C19H20N2O2/c1-10(2)15-17(19(23)20-18(15)22)11(3)16-12(4)21(5)14-9-7-6-8-13(14)16/h6-9H,1-5H3,(H,20,22,23)/b17-11-. The van der Waals surface area contributed by atoms with E-state index in [9.17, 15) is 9.59 Å². The molecule has 2 amide bonds. The van der Waals surface area contributed by atoms with Crippen LogP contribution in [0.2, 0.25) is 0 Å². The van der Waals surface area contributed by atoms with E-state index < -0.39 is 0 Å². The number of carbonyl (C=O) groups is 2. The van der Waals surface area contributed by atoms with Gasteiger partial charge in [0.1, 0.15) is 0 Å². The molecule has 1 aliphatic rings. The minimum absolute atomic E-state index is 0.303. The molecule has 0 unspecified atom stereocenters. The van der Waals surface area contributed by atoms with Crippen LogP contribution in [0.5, 0.6) is 0 Å². The summed E-state index contributed by atoms with van der Waals surface area (Å²) in [5.74, 6) is -0.613. The average Bonchev–Trinajstić information content (AvgIpc) is 2.93. The van der Waals surface area contributed by atoms with Gasteiger partial charge < -0.3 is 4.57 Å². The van der Waals surface area contributed by atoms with Crippen molar-refractivity contribution in [1.29, 1.82) is 0 Å². The summed E-state index contributed by atoms with van der Waals surface area (Å²) in [5.41, 5.74) is 5.91. The van der Waals surface area contributed by atoms with Gasteiger partial charge in [0.15, 0.2) is 0 Å². The molecule has 23 heavy (non-hydrogen) atoms. The lowest BCUT2D eigenvalue weighted by Crippen LogP contribution is -2.20. The number of nitrogens with zero attached hydrogens (tertiary/aromatic N) is 1. The van der Waals surface area contributed by atoms with E-state index in [4.69, 9.17) is 0 Å². The Morgan fingerprint density at radius 2 is 1.61 bits per heavy atom. The second kappa shape index (κ2) is 5.23. The number of amides is 2.